The summed E-state index contributed by atoms with van der Waals surface area (Å²) in [5.74, 6) is -0.284. The molecule has 2 heterocycles. The van der Waals surface area contributed by atoms with E-state index >= 15 is 0 Å². The van der Waals surface area contributed by atoms with Crippen molar-refractivity contribution in [2.24, 2.45) is 10.2 Å². The summed E-state index contributed by atoms with van der Waals surface area (Å²) in [4.78, 5) is 23.6. The molecule has 0 saturated carbocycles. The number of rotatable bonds is 4. The fraction of sp³-hybridized carbons (Fsp3) is 0. The lowest BCUT2D eigenvalue weighted by atomic mass is 10.2. The summed E-state index contributed by atoms with van der Waals surface area (Å²) in [6, 6.07) is 11.0. The number of carbonyl (C=O) groups excluding carboxylic acids is 1. The van der Waals surface area contributed by atoms with Crippen molar-refractivity contribution >= 4 is 17.8 Å². The third-order valence-corrected chi connectivity index (χ3v) is 3.01. The van der Waals surface area contributed by atoms with Gasteiger partial charge in [-0.2, -0.15) is 0 Å². The highest BCUT2D eigenvalue weighted by atomic mass is 16.5. The summed E-state index contributed by atoms with van der Waals surface area (Å²) in [6.07, 6.45) is 1.74. The van der Waals surface area contributed by atoms with Crippen LogP contribution in [0.5, 0.6) is 5.88 Å². The topological polar surface area (TPSA) is 110 Å². The van der Waals surface area contributed by atoms with E-state index in [-0.39, 0.29) is 17.1 Å². The summed E-state index contributed by atoms with van der Waals surface area (Å²) in [5.41, 5.74) is -0.414. The van der Waals surface area contributed by atoms with Gasteiger partial charge in [0.05, 0.1) is 11.3 Å². The minimum atomic E-state index is -0.619. The number of aromatic nitrogens is 2. The molecule has 114 valence electrons. The quantitative estimate of drug-likeness (QED) is 0.588. The maximum absolute atomic E-state index is 12.5. The highest BCUT2D eigenvalue weighted by Gasteiger charge is 2.15. The van der Waals surface area contributed by atoms with Gasteiger partial charge in [0.25, 0.3) is 5.56 Å². The molecule has 0 spiro atoms. The molecule has 1 N–H and O–H groups in total. The highest BCUT2D eigenvalue weighted by Crippen LogP contribution is 2.23. The molecule has 0 aliphatic rings. The maximum Gasteiger partial charge on any atom is 0.285 e. The summed E-state index contributed by atoms with van der Waals surface area (Å²) in [7, 11) is 0. The average Bonchev–Trinajstić information content (AvgIpc) is 3.09. The lowest BCUT2D eigenvalue weighted by molar-refractivity contribution is 0.112. The first-order chi connectivity index (χ1) is 11.2. The van der Waals surface area contributed by atoms with Gasteiger partial charge in [0.15, 0.2) is 12.0 Å². The number of carbonyl (C=O) groups is 1. The standard InChI is InChI=1S/C15H10N4O4/c20-9-10-8-12(16-17-13-6-7-23-18-13)15(22)19(14(10)21)11-4-2-1-3-5-11/h1-9,21H. The van der Waals surface area contributed by atoms with Gasteiger partial charge in [-0.25, -0.2) is 4.57 Å². The second kappa shape index (κ2) is 6.06. The molecular formula is C15H10N4O4. The monoisotopic (exact) mass is 310 g/mol. The molecule has 8 heteroatoms. The van der Waals surface area contributed by atoms with Crippen LogP contribution in [-0.2, 0) is 0 Å². The van der Waals surface area contributed by atoms with E-state index < -0.39 is 11.4 Å². The number of para-hydroxylation sites is 1. The Hall–Kier alpha value is -3.55. The van der Waals surface area contributed by atoms with Crippen LogP contribution in [0.4, 0.5) is 11.5 Å². The Kier molecular flexibility index (Phi) is 3.79. The molecule has 3 rings (SSSR count). The van der Waals surface area contributed by atoms with Gasteiger partial charge in [0, 0.05) is 6.07 Å². The van der Waals surface area contributed by atoms with Gasteiger partial charge in [0.1, 0.15) is 6.26 Å². The molecule has 0 saturated heterocycles. The lowest BCUT2D eigenvalue weighted by Gasteiger charge is -2.10. The molecule has 0 aliphatic carbocycles. The number of aromatic hydroxyl groups is 1. The number of aldehydes is 1. The zero-order valence-electron chi connectivity index (χ0n) is 11.7. The minimum absolute atomic E-state index is 0.0810. The van der Waals surface area contributed by atoms with Crippen molar-refractivity contribution in [1.82, 2.24) is 9.72 Å². The molecule has 0 radical (unpaired) electrons. The SMILES string of the molecule is O=Cc1cc(N=Nc2ccon2)c(=O)n(-c2ccccc2)c1O. The van der Waals surface area contributed by atoms with Crippen LogP contribution < -0.4 is 5.56 Å². The number of nitrogens with zero attached hydrogens (tertiary/aromatic N) is 4. The van der Waals surface area contributed by atoms with E-state index in [1.807, 2.05) is 0 Å². The van der Waals surface area contributed by atoms with E-state index in [0.29, 0.717) is 12.0 Å². The van der Waals surface area contributed by atoms with Crippen LogP contribution in [0.25, 0.3) is 5.69 Å². The van der Waals surface area contributed by atoms with E-state index in [2.05, 4.69) is 19.9 Å². The van der Waals surface area contributed by atoms with Crippen LogP contribution in [0.1, 0.15) is 10.4 Å². The Balaban J connectivity index is 2.18. The predicted molar refractivity (Wildman–Crippen MR) is 79.8 cm³/mol. The molecule has 0 fully saturated rings. The molecule has 1 aromatic carbocycles. The van der Waals surface area contributed by atoms with Crippen molar-refractivity contribution in [2.75, 3.05) is 0 Å². The zero-order valence-corrected chi connectivity index (χ0v) is 11.7. The predicted octanol–water partition coefficient (Wildman–Crippen LogP) is 2.76. The number of azo groups is 1. The van der Waals surface area contributed by atoms with Gasteiger partial charge in [0.2, 0.25) is 11.7 Å². The van der Waals surface area contributed by atoms with Gasteiger partial charge >= 0.3 is 0 Å². The average molecular weight is 310 g/mol. The van der Waals surface area contributed by atoms with Crippen molar-refractivity contribution in [2.45, 2.75) is 0 Å². The van der Waals surface area contributed by atoms with Crippen LogP contribution in [0.15, 0.2) is 68.3 Å². The van der Waals surface area contributed by atoms with Crippen molar-refractivity contribution in [3.8, 4) is 11.6 Å². The maximum atomic E-state index is 12.5. The Labute approximate surface area is 129 Å². The summed E-state index contributed by atoms with van der Waals surface area (Å²) in [6.45, 7) is 0. The molecule has 0 bridgehead atoms. The second-order valence-electron chi connectivity index (χ2n) is 4.46. The molecule has 0 unspecified atom stereocenters. The fourth-order valence-corrected chi connectivity index (χ4v) is 1.95. The van der Waals surface area contributed by atoms with Crippen molar-refractivity contribution in [3.05, 3.63) is 64.6 Å². The number of pyridine rings is 1. The van der Waals surface area contributed by atoms with Crippen LogP contribution >= 0.6 is 0 Å². The molecule has 8 nitrogen and oxygen atoms in total. The van der Waals surface area contributed by atoms with Gasteiger partial charge in [-0.05, 0) is 18.2 Å². The largest absolute Gasteiger partial charge is 0.494 e. The Morgan fingerprint density at radius 3 is 2.61 bits per heavy atom. The Morgan fingerprint density at radius 1 is 1.17 bits per heavy atom. The first-order valence-corrected chi connectivity index (χ1v) is 6.52. The third kappa shape index (κ3) is 2.77. The lowest BCUT2D eigenvalue weighted by Crippen LogP contribution is -2.19. The van der Waals surface area contributed by atoms with E-state index in [1.54, 1.807) is 30.3 Å². The van der Waals surface area contributed by atoms with Crippen molar-refractivity contribution in [1.29, 1.82) is 0 Å². The number of hydrogen-bond acceptors (Lipinski definition) is 7. The van der Waals surface area contributed by atoms with Crippen LogP contribution in [0.2, 0.25) is 0 Å². The third-order valence-electron chi connectivity index (χ3n) is 3.01. The van der Waals surface area contributed by atoms with Crippen LogP contribution in [-0.4, -0.2) is 21.1 Å². The molecule has 0 atom stereocenters. The van der Waals surface area contributed by atoms with E-state index in [4.69, 9.17) is 0 Å². The molecule has 0 aliphatic heterocycles. The fourth-order valence-electron chi connectivity index (χ4n) is 1.95. The highest BCUT2D eigenvalue weighted by molar-refractivity contribution is 5.80. The molecule has 2 aromatic heterocycles. The molecule has 0 amide bonds. The Bertz CT molecular complexity index is 915. The smallest absolute Gasteiger partial charge is 0.285 e. The first-order valence-electron chi connectivity index (χ1n) is 6.52. The number of benzene rings is 1. The van der Waals surface area contributed by atoms with Crippen LogP contribution in [0, 0.1) is 0 Å². The van der Waals surface area contributed by atoms with Gasteiger partial charge in [-0.1, -0.05) is 23.4 Å². The van der Waals surface area contributed by atoms with E-state index in [9.17, 15) is 14.7 Å². The van der Waals surface area contributed by atoms with Crippen molar-refractivity contribution < 1.29 is 14.4 Å². The second-order valence-corrected chi connectivity index (χ2v) is 4.46. The molecule has 3 aromatic rings. The van der Waals surface area contributed by atoms with E-state index in [0.717, 1.165) is 10.6 Å². The zero-order chi connectivity index (χ0) is 16.2. The Morgan fingerprint density at radius 2 is 1.96 bits per heavy atom. The van der Waals surface area contributed by atoms with Crippen LogP contribution in [0.3, 0.4) is 0 Å². The van der Waals surface area contributed by atoms with Gasteiger partial charge < -0.3 is 9.63 Å². The van der Waals surface area contributed by atoms with Crippen molar-refractivity contribution in [3.63, 3.8) is 0 Å². The molecule has 23 heavy (non-hydrogen) atoms. The number of hydrogen-bond donors (Lipinski definition) is 1. The first kappa shape index (κ1) is 14.4. The van der Waals surface area contributed by atoms with E-state index in [1.165, 1.54) is 12.3 Å². The summed E-state index contributed by atoms with van der Waals surface area (Å²) >= 11 is 0. The molecular weight excluding hydrogens is 300 g/mol. The normalized spacial score (nSPS) is 11.0. The summed E-state index contributed by atoms with van der Waals surface area (Å²) < 4.78 is 5.59. The summed E-state index contributed by atoms with van der Waals surface area (Å²) in [5, 5.41) is 21.2. The van der Waals surface area contributed by atoms with Gasteiger partial charge in [-0.3, -0.25) is 9.59 Å². The minimum Gasteiger partial charge on any atom is -0.494 e. The van der Waals surface area contributed by atoms with Gasteiger partial charge in [-0.15, -0.1) is 10.2 Å².